The Kier molecular flexibility index (Phi) is 8.88. The number of benzene rings is 1. The van der Waals surface area contributed by atoms with Crippen LogP contribution in [0.2, 0.25) is 0 Å². The van der Waals surface area contributed by atoms with Gasteiger partial charge in [-0.15, -0.1) is 0 Å². The lowest BCUT2D eigenvalue weighted by molar-refractivity contribution is 0.415. The van der Waals surface area contributed by atoms with E-state index in [2.05, 4.69) is 36.3 Å². The highest BCUT2D eigenvalue weighted by Crippen LogP contribution is 2.20. The van der Waals surface area contributed by atoms with Gasteiger partial charge in [-0.2, -0.15) is 0 Å². The molecule has 0 atom stereocenters. The van der Waals surface area contributed by atoms with Crippen LogP contribution >= 0.6 is 0 Å². The number of unbranched alkanes of at least 4 members (excludes halogenated alkanes) is 3. The summed E-state index contributed by atoms with van der Waals surface area (Å²) in [6.45, 7) is 5.63. The van der Waals surface area contributed by atoms with Crippen molar-refractivity contribution in [1.82, 2.24) is 5.32 Å². The van der Waals surface area contributed by atoms with Crippen molar-refractivity contribution in [2.45, 2.75) is 39.0 Å². The fourth-order valence-corrected chi connectivity index (χ4v) is 2.23. The molecular formula is C17H30N2O. The predicted octanol–water partition coefficient (Wildman–Crippen LogP) is 3.69. The van der Waals surface area contributed by atoms with Gasteiger partial charge in [-0.1, -0.05) is 25.8 Å². The Balaban J connectivity index is 2.12. The average Bonchev–Trinajstić information content (AvgIpc) is 2.49. The van der Waals surface area contributed by atoms with Gasteiger partial charge in [-0.05, 0) is 44.5 Å². The molecule has 0 saturated heterocycles. The van der Waals surface area contributed by atoms with E-state index < -0.39 is 0 Å². The third-order valence-electron chi connectivity index (χ3n) is 3.52. The molecule has 1 aromatic carbocycles. The molecule has 3 heteroatoms. The Hall–Kier alpha value is -1.22. The summed E-state index contributed by atoms with van der Waals surface area (Å²) in [5.74, 6) is 0.927. The number of ether oxygens (including phenoxy) is 1. The van der Waals surface area contributed by atoms with Gasteiger partial charge < -0.3 is 15.0 Å². The largest absolute Gasteiger partial charge is 0.497 e. The first kappa shape index (κ1) is 16.8. The molecule has 0 radical (unpaired) electrons. The monoisotopic (exact) mass is 278 g/mol. The number of rotatable bonds is 11. The van der Waals surface area contributed by atoms with Crippen LogP contribution in [0.25, 0.3) is 0 Å². The summed E-state index contributed by atoms with van der Waals surface area (Å²) in [5, 5.41) is 3.45. The van der Waals surface area contributed by atoms with Crippen LogP contribution < -0.4 is 15.0 Å². The van der Waals surface area contributed by atoms with Gasteiger partial charge in [0.1, 0.15) is 5.75 Å². The lowest BCUT2D eigenvalue weighted by atomic mass is 10.2. The van der Waals surface area contributed by atoms with Gasteiger partial charge in [0, 0.05) is 25.3 Å². The third kappa shape index (κ3) is 6.80. The number of hydrogen-bond acceptors (Lipinski definition) is 3. The van der Waals surface area contributed by atoms with Gasteiger partial charge in [0.2, 0.25) is 0 Å². The Labute approximate surface area is 124 Å². The fourth-order valence-electron chi connectivity index (χ4n) is 2.23. The summed E-state index contributed by atoms with van der Waals surface area (Å²) < 4.78 is 5.26. The minimum absolute atomic E-state index is 0.927. The average molecular weight is 278 g/mol. The lowest BCUT2D eigenvalue weighted by Crippen LogP contribution is -2.18. The highest BCUT2D eigenvalue weighted by Gasteiger charge is 2.01. The molecule has 3 nitrogen and oxygen atoms in total. The Morgan fingerprint density at radius 2 is 1.90 bits per heavy atom. The summed E-state index contributed by atoms with van der Waals surface area (Å²) in [6.07, 6.45) is 6.40. The first-order chi connectivity index (χ1) is 9.77. The standard InChI is InChI=1S/C17H30N2O/c1-4-12-18-13-7-5-6-8-14-19(2)16-10-9-11-17(15-16)20-3/h9-11,15,18H,4-8,12-14H2,1-3H3. The maximum absolute atomic E-state index is 5.26. The SMILES string of the molecule is CCCNCCCCCCN(C)c1cccc(OC)c1. The van der Waals surface area contributed by atoms with Gasteiger partial charge >= 0.3 is 0 Å². The quantitative estimate of drug-likeness (QED) is 0.625. The first-order valence-electron chi connectivity index (χ1n) is 7.84. The minimum atomic E-state index is 0.927. The van der Waals surface area contributed by atoms with Crippen molar-refractivity contribution in [3.63, 3.8) is 0 Å². The van der Waals surface area contributed by atoms with Crippen LogP contribution in [0.15, 0.2) is 24.3 Å². The molecular weight excluding hydrogens is 248 g/mol. The van der Waals surface area contributed by atoms with Crippen molar-refractivity contribution in [2.24, 2.45) is 0 Å². The summed E-state index contributed by atoms with van der Waals surface area (Å²) in [5.41, 5.74) is 1.23. The molecule has 0 aliphatic rings. The third-order valence-corrected chi connectivity index (χ3v) is 3.52. The molecule has 0 saturated carbocycles. The Bertz CT molecular complexity index is 355. The molecule has 1 N–H and O–H groups in total. The van der Waals surface area contributed by atoms with Crippen molar-refractivity contribution in [1.29, 1.82) is 0 Å². The van der Waals surface area contributed by atoms with Crippen LogP contribution in [-0.4, -0.2) is 33.8 Å². The summed E-state index contributed by atoms with van der Waals surface area (Å²) in [7, 11) is 3.86. The smallest absolute Gasteiger partial charge is 0.120 e. The van der Waals surface area contributed by atoms with Crippen molar-refractivity contribution < 1.29 is 4.74 Å². The van der Waals surface area contributed by atoms with Gasteiger partial charge in [0.25, 0.3) is 0 Å². The Morgan fingerprint density at radius 1 is 1.10 bits per heavy atom. The molecule has 0 heterocycles. The molecule has 114 valence electrons. The second-order valence-electron chi connectivity index (χ2n) is 5.29. The van der Waals surface area contributed by atoms with E-state index in [1.807, 2.05) is 12.1 Å². The molecule has 0 spiro atoms. The topological polar surface area (TPSA) is 24.5 Å². The maximum Gasteiger partial charge on any atom is 0.120 e. The van der Waals surface area contributed by atoms with Gasteiger partial charge in [-0.3, -0.25) is 0 Å². The molecule has 1 aromatic rings. The summed E-state index contributed by atoms with van der Waals surface area (Å²) >= 11 is 0. The molecule has 0 bridgehead atoms. The van der Waals surface area contributed by atoms with E-state index >= 15 is 0 Å². The van der Waals surface area contributed by atoms with Crippen LogP contribution in [0.3, 0.4) is 0 Å². The minimum Gasteiger partial charge on any atom is -0.497 e. The zero-order valence-electron chi connectivity index (χ0n) is 13.3. The van der Waals surface area contributed by atoms with E-state index in [-0.39, 0.29) is 0 Å². The van der Waals surface area contributed by atoms with Crippen LogP contribution in [0.5, 0.6) is 5.75 Å². The zero-order chi connectivity index (χ0) is 14.6. The van der Waals surface area contributed by atoms with E-state index in [1.54, 1.807) is 7.11 Å². The number of methoxy groups -OCH3 is 1. The van der Waals surface area contributed by atoms with E-state index in [9.17, 15) is 0 Å². The molecule has 1 rings (SSSR count). The zero-order valence-corrected chi connectivity index (χ0v) is 13.3. The molecule has 0 fully saturated rings. The molecule has 0 amide bonds. The number of anilines is 1. The number of hydrogen-bond donors (Lipinski definition) is 1. The maximum atomic E-state index is 5.26. The van der Waals surface area contributed by atoms with Crippen LogP contribution in [0.4, 0.5) is 5.69 Å². The highest BCUT2D eigenvalue weighted by molar-refractivity contribution is 5.49. The van der Waals surface area contributed by atoms with Gasteiger partial charge in [0.05, 0.1) is 7.11 Å². The first-order valence-corrected chi connectivity index (χ1v) is 7.84. The second kappa shape index (κ2) is 10.6. The molecule has 0 aliphatic carbocycles. The van der Waals surface area contributed by atoms with Crippen molar-refractivity contribution >= 4 is 5.69 Å². The lowest BCUT2D eigenvalue weighted by Gasteiger charge is -2.19. The highest BCUT2D eigenvalue weighted by atomic mass is 16.5. The molecule has 20 heavy (non-hydrogen) atoms. The van der Waals surface area contributed by atoms with E-state index in [4.69, 9.17) is 4.74 Å². The molecule has 0 unspecified atom stereocenters. The van der Waals surface area contributed by atoms with Crippen LogP contribution in [-0.2, 0) is 0 Å². The predicted molar refractivity (Wildman–Crippen MR) is 87.9 cm³/mol. The number of nitrogens with one attached hydrogen (secondary N) is 1. The summed E-state index contributed by atoms with van der Waals surface area (Å²) in [4.78, 5) is 2.30. The van der Waals surface area contributed by atoms with E-state index in [1.165, 1.54) is 44.3 Å². The number of nitrogens with zero attached hydrogens (tertiary/aromatic N) is 1. The normalized spacial score (nSPS) is 10.6. The van der Waals surface area contributed by atoms with Crippen molar-refractivity contribution in [3.8, 4) is 5.75 Å². The Morgan fingerprint density at radius 3 is 2.65 bits per heavy atom. The fraction of sp³-hybridized carbons (Fsp3) is 0.647. The van der Waals surface area contributed by atoms with Gasteiger partial charge in [-0.25, -0.2) is 0 Å². The van der Waals surface area contributed by atoms with Crippen molar-refractivity contribution in [2.75, 3.05) is 38.7 Å². The molecule has 0 aliphatic heterocycles. The van der Waals surface area contributed by atoms with Crippen molar-refractivity contribution in [3.05, 3.63) is 24.3 Å². The van der Waals surface area contributed by atoms with E-state index in [0.717, 1.165) is 18.8 Å². The van der Waals surface area contributed by atoms with Gasteiger partial charge in [0.15, 0.2) is 0 Å². The molecule has 0 aromatic heterocycles. The van der Waals surface area contributed by atoms with Crippen LogP contribution in [0.1, 0.15) is 39.0 Å². The van der Waals surface area contributed by atoms with Crippen LogP contribution in [0, 0.1) is 0 Å². The second-order valence-corrected chi connectivity index (χ2v) is 5.29. The van der Waals surface area contributed by atoms with E-state index in [0.29, 0.717) is 0 Å². The summed E-state index contributed by atoms with van der Waals surface area (Å²) in [6, 6.07) is 8.26.